The first-order chi connectivity index (χ1) is 10.0. The first kappa shape index (κ1) is 16.7. The van der Waals surface area contributed by atoms with Crippen LogP contribution in [0.3, 0.4) is 0 Å². The van der Waals surface area contributed by atoms with E-state index in [0.717, 1.165) is 11.4 Å². The van der Waals surface area contributed by atoms with Crippen LogP contribution in [0.1, 0.15) is 22.8 Å². The van der Waals surface area contributed by atoms with Gasteiger partial charge in [-0.15, -0.1) is 0 Å². The maximum absolute atomic E-state index is 12.5. The molecule has 0 amide bonds. The van der Waals surface area contributed by atoms with Gasteiger partial charge in [0.25, 0.3) is 0 Å². The molecule has 1 N–H and O–H groups in total. The van der Waals surface area contributed by atoms with E-state index in [4.69, 9.17) is 23.2 Å². The minimum Gasteiger partial charge on any atom is -0.328 e. The number of rotatable bonds is 5. The molecule has 6 heteroatoms. The highest BCUT2D eigenvalue weighted by Gasteiger charge is 2.15. The van der Waals surface area contributed by atoms with E-state index in [1.165, 1.54) is 0 Å². The predicted octanol–water partition coefficient (Wildman–Crippen LogP) is 6.07. The Morgan fingerprint density at radius 3 is 2.52 bits per heavy atom. The zero-order valence-electron chi connectivity index (χ0n) is 11.1. The molecule has 0 heterocycles. The number of halogens is 3. The van der Waals surface area contributed by atoms with E-state index < -0.39 is 0 Å². The first-order valence-corrected chi connectivity index (χ1v) is 8.73. The fourth-order valence-electron chi connectivity index (χ4n) is 1.71. The van der Waals surface area contributed by atoms with Crippen LogP contribution in [0.15, 0.2) is 40.9 Å². The van der Waals surface area contributed by atoms with Crippen LogP contribution in [-0.2, 0) is 0 Å². The van der Waals surface area contributed by atoms with E-state index in [2.05, 4.69) is 20.7 Å². The summed E-state index contributed by atoms with van der Waals surface area (Å²) in [7, 11) is 0. The number of carbonyl (C=O) groups is 1. The Kier molecular flexibility index (Phi) is 5.99. The fourth-order valence-corrected chi connectivity index (χ4v) is 3.09. The Hall–Kier alpha value is -0.680. The third-order valence-electron chi connectivity index (χ3n) is 2.73. The maximum atomic E-state index is 12.5. The van der Waals surface area contributed by atoms with Crippen LogP contribution in [0.5, 0.6) is 0 Å². The SMILES string of the molecule is CCSNc1cc(Br)c(C(=O)c2ccc(Cl)cc2)cc1Cl. The lowest BCUT2D eigenvalue weighted by molar-refractivity contribution is 0.103. The number of benzene rings is 2. The van der Waals surface area contributed by atoms with E-state index in [1.54, 1.807) is 42.3 Å². The van der Waals surface area contributed by atoms with E-state index in [0.29, 0.717) is 25.6 Å². The number of hydrogen-bond acceptors (Lipinski definition) is 3. The van der Waals surface area contributed by atoms with E-state index in [-0.39, 0.29) is 5.78 Å². The van der Waals surface area contributed by atoms with Crippen LogP contribution in [0.2, 0.25) is 10.0 Å². The van der Waals surface area contributed by atoms with E-state index in [9.17, 15) is 4.79 Å². The molecule has 0 aliphatic heterocycles. The zero-order valence-corrected chi connectivity index (χ0v) is 15.0. The lowest BCUT2D eigenvalue weighted by atomic mass is 10.0. The number of hydrogen-bond donors (Lipinski definition) is 1. The van der Waals surface area contributed by atoms with Crippen molar-refractivity contribution in [3.8, 4) is 0 Å². The van der Waals surface area contributed by atoms with Crippen molar-refractivity contribution < 1.29 is 4.79 Å². The van der Waals surface area contributed by atoms with Crippen molar-refractivity contribution >= 4 is 62.6 Å². The van der Waals surface area contributed by atoms with E-state index >= 15 is 0 Å². The summed E-state index contributed by atoms with van der Waals surface area (Å²) in [6.07, 6.45) is 0. The van der Waals surface area contributed by atoms with Gasteiger partial charge in [-0.2, -0.15) is 0 Å². The van der Waals surface area contributed by atoms with Gasteiger partial charge >= 0.3 is 0 Å². The smallest absolute Gasteiger partial charge is 0.194 e. The lowest BCUT2D eigenvalue weighted by Gasteiger charge is -2.10. The van der Waals surface area contributed by atoms with Crippen LogP contribution >= 0.6 is 51.1 Å². The van der Waals surface area contributed by atoms with Gasteiger partial charge in [-0.05, 0) is 52.3 Å². The highest BCUT2D eigenvalue weighted by atomic mass is 79.9. The third-order valence-corrected chi connectivity index (χ3v) is 4.61. The summed E-state index contributed by atoms with van der Waals surface area (Å²) in [5.41, 5.74) is 1.87. The molecule has 0 saturated heterocycles. The Balaban J connectivity index is 2.33. The quantitative estimate of drug-likeness (QED) is 0.484. The molecule has 21 heavy (non-hydrogen) atoms. The van der Waals surface area contributed by atoms with Crippen molar-refractivity contribution in [3.63, 3.8) is 0 Å². The molecule has 0 aromatic heterocycles. The molecule has 110 valence electrons. The van der Waals surface area contributed by atoms with Crippen molar-refractivity contribution in [1.82, 2.24) is 0 Å². The second kappa shape index (κ2) is 7.54. The topological polar surface area (TPSA) is 29.1 Å². The second-order valence-electron chi connectivity index (χ2n) is 4.18. The molecule has 0 atom stereocenters. The van der Waals surface area contributed by atoms with Crippen LogP contribution in [-0.4, -0.2) is 11.5 Å². The van der Waals surface area contributed by atoms with Gasteiger partial charge in [-0.3, -0.25) is 4.79 Å². The molecule has 0 unspecified atom stereocenters. The van der Waals surface area contributed by atoms with Gasteiger partial charge in [0.15, 0.2) is 5.78 Å². The number of ketones is 1. The van der Waals surface area contributed by atoms with Gasteiger partial charge in [0, 0.05) is 26.4 Å². The lowest BCUT2D eigenvalue weighted by Crippen LogP contribution is -2.03. The van der Waals surface area contributed by atoms with Crippen molar-refractivity contribution in [1.29, 1.82) is 0 Å². The maximum Gasteiger partial charge on any atom is 0.194 e. The van der Waals surface area contributed by atoms with Gasteiger partial charge in [-0.1, -0.05) is 42.1 Å². The largest absolute Gasteiger partial charge is 0.328 e. The number of anilines is 1. The molecule has 0 aliphatic carbocycles. The Bertz CT molecular complexity index is 661. The highest BCUT2D eigenvalue weighted by Crippen LogP contribution is 2.32. The first-order valence-electron chi connectivity index (χ1n) is 6.20. The Morgan fingerprint density at radius 2 is 1.90 bits per heavy atom. The highest BCUT2D eigenvalue weighted by molar-refractivity contribution is 9.10. The van der Waals surface area contributed by atoms with Gasteiger partial charge in [0.1, 0.15) is 0 Å². The standard InChI is InChI=1S/C15H12BrCl2NOS/c1-2-21-19-14-8-12(16)11(7-13(14)18)15(20)9-3-5-10(17)6-4-9/h3-8,19H,2H2,1H3. The van der Waals surface area contributed by atoms with Gasteiger partial charge in [0.05, 0.1) is 10.7 Å². The monoisotopic (exact) mass is 403 g/mol. The predicted molar refractivity (Wildman–Crippen MR) is 95.8 cm³/mol. The molecule has 2 aromatic carbocycles. The molecule has 0 spiro atoms. The van der Waals surface area contributed by atoms with Crippen molar-refractivity contribution in [3.05, 3.63) is 62.0 Å². The molecule has 0 fully saturated rings. The number of nitrogens with one attached hydrogen (secondary N) is 1. The Labute approximate surface area is 146 Å². The molecule has 0 radical (unpaired) electrons. The van der Waals surface area contributed by atoms with Crippen molar-refractivity contribution in [2.24, 2.45) is 0 Å². The molecule has 2 aromatic rings. The average Bonchev–Trinajstić information content (AvgIpc) is 2.48. The fraction of sp³-hybridized carbons (Fsp3) is 0.133. The molecular formula is C15H12BrCl2NOS. The summed E-state index contributed by atoms with van der Waals surface area (Å²) < 4.78 is 3.84. The van der Waals surface area contributed by atoms with Crippen molar-refractivity contribution in [2.45, 2.75) is 6.92 Å². The van der Waals surface area contributed by atoms with Crippen LogP contribution < -0.4 is 4.72 Å². The molecule has 0 bridgehead atoms. The Morgan fingerprint density at radius 1 is 1.24 bits per heavy atom. The van der Waals surface area contributed by atoms with E-state index in [1.807, 2.05) is 13.0 Å². The van der Waals surface area contributed by atoms with Crippen LogP contribution in [0.4, 0.5) is 5.69 Å². The summed E-state index contributed by atoms with van der Waals surface area (Å²) >= 11 is 17.0. The summed E-state index contributed by atoms with van der Waals surface area (Å²) in [6.45, 7) is 2.04. The minimum atomic E-state index is -0.102. The second-order valence-corrected chi connectivity index (χ2v) is 6.95. The summed E-state index contributed by atoms with van der Waals surface area (Å²) in [5.74, 6) is 0.814. The average molecular weight is 405 g/mol. The van der Waals surface area contributed by atoms with Gasteiger partial charge in [-0.25, -0.2) is 0 Å². The molecule has 0 aliphatic rings. The molecule has 2 nitrogen and oxygen atoms in total. The zero-order chi connectivity index (χ0) is 15.4. The summed E-state index contributed by atoms with van der Waals surface area (Å²) in [5, 5.41) is 1.11. The van der Waals surface area contributed by atoms with Gasteiger partial charge < -0.3 is 4.72 Å². The number of carbonyl (C=O) groups excluding carboxylic acids is 1. The van der Waals surface area contributed by atoms with Crippen LogP contribution in [0, 0.1) is 0 Å². The third kappa shape index (κ3) is 4.16. The summed E-state index contributed by atoms with van der Waals surface area (Å²) in [6, 6.07) is 10.3. The minimum absolute atomic E-state index is 0.102. The van der Waals surface area contributed by atoms with Crippen molar-refractivity contribution in [2.75, 3.05) is 10.5 Å². The molecule has 0 saturated carbocycles. The summed E-state index contributed by atoms with van der Waals surface area (Å²) in [4.78, 5) is 12.5. The normalized spacial score (nSPS) is 10.5. The van der Waals surface area contributed by atoms with Crippen LogP contribution in [0.25, 0.3) is 0 Å². The van der Waals surface area contributed by atoms with Gasteiger partial charge in [0.2, 0.25) is 0 Å². The molecular weight excluding hydrogens is 393 g/mol. The molecule has 2 rings (SSSR count).